The average Bonchev–Trinajstić information content (AvgIpc) is 2.55. The Kier molecular flexibility index (Phi) is 5.97. The van der Waals surface area contributed by atoms with Crippen LogP contribution in [-0.4, -0.2) is 49.3 Å². The largest absolute Gasteiger partial charge is 0.381 e. The fourth-order valence-corrected chi connectivity index (χ4v) is 3.02. The highest BCUT2D eigenvalue weighted by atomic mass is 35.5. The number of nitrogens with zero attached hydrogens (tertiary/aromatic N) is 1. The fraction of sp³-hybridized carbons (Fsp3) is 0.562. The SMILES string of the molecule is Cl.NC1(C(=O)N2CCOC(c3ccccc3F)C2)CCOCC1. The van der Waals surface area contributed by atoms with Gasteiger partial charge in [-0.25, -0.2) is 4.39 Å². The van der Waals surface area contributed by atoms with E-state index in [0.29, 0.717) is 51.3 Å². The standard InChI is InChI=1S/C16H21FN2O3.ClH/c17-13-4-2-1-3-12(13)14-11-19(7-10-22-14)15(20)16(18)5-8-21-9-6-16;/h1-4,14H,5-11,18H2;1H. The number of amides is 1. The zero-order valence-electron chi connectivity index (χ0n) is 12.9. The molecule has 2 N–H and O–H groups in total. The maximum Gasteiger partial charge on any atom is 0.243 e. The first-order valence-corrected chi connectivity index (χ1v) is 7.62. The molecule has 0 aromatic heterocycles. The van der Waals surface area contributed by atoms with Gasteiger partial charge >= 0.3 is 0 Å². The molecule has 2 aliphatic heterocycles. The van der Waals surface area contributed by atoms with Crippen LogP contribution in [0.3, 0.4) is 0 Å². The summed E-state index contributed by atoms with van der Waals surface area (Å²) in [7, 11) is 0. The third-order valence-corrected chi connectivity index (χ3v) is 4.42. The molecule has 5 nitrogen and oxygen atoms in total. The molecule has 0 aliphatic carbocycles. The van der Waals surface area contributed by atoms with Gasteiger partial charge in [-0.3, -0.25) is 4.79 Å². The molecule has 0 radical (unpaired) electrons. The summed E-state index contributed by atoms with van der Waals surface area (Å²) in [6.07, 6.45) is 0.600. The monoisotopic (exact) mass is 344 g/mol. The Balaban J connectivity index is 0.00000192. The Bertz CT molecular complexity index is 552. The summed E-state index contributed by atoms with van der Waals surface area (Å²) in [5.74, 6) is -0.393. The molecule has 1 aromatic carbocycles. The highest BCUT2D eigenvalue weighted by Gasteiger charge is 2.40. The van der Waals surface area contributed by atoms with Gasteiger partial charge in [-0.1, -0.05) is 18.2 Å². The first kappa shape index (κ1) is 18.1. The summed E-state index contributed by atoms with van der Waals surface area (Å²) in [6.45, 7) is 2.22. The molecule has 1 unspecified atom stereocenters. The minimum atomic E-state index is -0.866. The zero-order valence-corrected chi connectivity index (χ0v) is 13.7. The van der Waals surface area contributed by atoms with Gasteiger partial charge in [0.1, 0.15) is 11.9 Å². The maximum atomic E-state index is 13.9. The molecule has 23 heavy (non-hydrogen) atoms. The van der Waals surface area contributed by atoms with Crippen molar-refractivity contribution >= 4 is 18.3 Å². The van der Waals surface area contributed by atoms with Gasteiger partial charge in [-0.15, -0.1) is 12.4 Å². The second-order valence-corrected chi connectivity index (χ2v) is 5.90. The number of rotatable bonds is 2. The predicted octanol–water partition coefficient (Wildman–Crippen LogP) is 1.66. The Hall–Kier alpha value is -1.21. The van der Waals surface area contributed by atoms with E-state index in [9.17, 15) is 9.18 Å². The van der Waals surface area contributed by atoms with Crippen LogP contribution in [0.5, 0.6) is 0 Å². The van der Waals surface area contributed by atoms with E-state index in [1.54, 1.807) is 23.1 Å². The van der Waals surface area contributed by atoms with E-state index in [0.717, 1.165) is 0 Å². The van der Waals surface area contributed by atoms with E-state index in [2.05, 4.69) is 0 Å². The summed E-state index contributed by atoms with van der Waals surface area (Å²) in [5, 5.41) is 0. The van der Waals surface area contributed by atoms with Crippen LogP contribution in [0, 0.1) is 5.82 Å². The van der Waals surface area contributed by atoms with Crippen LogP contribution >= 0.6 is 12.4 Å². The Morgan fingerprint density at radius 1 is 1.26 bits per heavy atom. The molecule has 0 bridgehead atoms. The van der Waals surface area contributed by atoms with Crippen molar-refractivity contribution in [3.05, 3.63) is 35.6 Å². The Labute approximate surface area is 141 Å². The summed E-state index contributed by atoms with van der Waals surface area (Å²) in [6, 6.07) is 6.51. The average molecular weight is 345 g/mol. The van der Waals surface area contributed by atoms with Crippen molar-refractivity contribution in [1.82, 2.24) is 4.90 Å². The molecule has 2 fully saturated rings. The van der Waals surface area contributed by atoms with Gasteiger partial charge in [0.2, 0.25) is 5.91 Å². The van der Waals surface area contributed by atoms with Crippen LogP contribution in [-0.2, 0) is 14.3 Å². The smallest absolute Gasteiger partial charge is 0.243 e. The fourth-order valence-electron chi connectivity index (χ4n) is 3.02. The van der Waals surface area contributed by atoms with Crippen molar-refractivity contribution in [2.75, 3.05) is 32.9 Å². The number of ether oxygens (including phenoxy) is 2. The highest BCUT2D eigenvalue weighted by Crippen LogP contribution is 2.27. The quantitative estimate of drug-likeness (QED) is 0.886. The van der Waals surface area contributed by atoms with Gasteiger partial charge < -0.3 is 20.1 Å². The Morgan fingerprint density at radius 3 is 2.65 bits per heavy atom. The van der Waals surface area contributed by atoms with Crippen molar-refractivity contribution in [1.29, 1.82) is 0 Å². The number of halogens is 2. The number of morpholine rings is 1. The maximum absolute atomic E-state index is 13.9. The second kappa shape index (κ2) is 7.57. The van der Waals surface area contributed by atoms with Crippen LogP contribution in [0.1, 0.15) is 24.5 Å². The van der Waals surface area contributed by atoms with Gasteiger partial charge in [-0.2, -0.15) is 0 Å². The molecular formula is C16H22ClFN2O3. The molecule has 2 saturated heterocycles. The van der Waals surface area contributed by atoms with Gasteiger partial charge in [-0.05, 0) is 18.9 Å². The lowest BCUT2D eigenvalue weighted by Gasteiger charge is -2.40. The van der Waals surface area contributed by atoms with Crippen LogP contribution in [0.2, 0.25) is 0 Å². The number of hydrogen-bond acceptors (Lipinski definition) is 4. The predicted molar refractivity (Wildman–Crippen MR) is 85.9 cm³/mol. The van der Waals surface area contributed by atoms with Crippen molar-refractivity contribution in [3.63, 3.8) is 0 Å². The van der Waals surface area contributed by atoms with E-state index in [4.69, 9.17) is 15.2 Å². The van der Waals surface area contributed by atoms with Gasteiger partial charge in [0.05, 0.1) is 18.7 Å². The van der Waals surface area contributed by atoms with E-state index < -0.39 is 11.6 Å². The number of hydrogen-bond donors (Lipinski definition) is 1. The molecule has 0 saturated carbocycles. The lowest BCUT2D eigenvalue weighted by Crippen LogP contribution is -2.60. The highest BCUT2D eigenvalue weighted by molar-refractivity contribution is 5.86. The normalized spacial score (nSPS) is 23.9. The van der Waals surface area contributed by atoms with E-state index >= 15 is 0 Å². The topological polar surface area (TPSA) is 64.8 Å². The van der Waals surface area contributed by atoms with Gasteiger partial charge in [0.15, 0.2) is 0 Å². The molecule has 0 spiro atoms. The number of carbonyl (C=O) groups is 1. The molecule has 3 rings (SSSR count). The minimum absolute atomic E-state index is 0. The van der Waals surface area contributed by atoms with Crippen molar-refractivity contribution in [2.24, 2.45) is 5.73 Å². The van der Waals surface area contributed by atoms with Crippen LogP contribution < -0.4 is 5.73 Å². The van der Waals surface area contributed by atoms with Crippen molar-refractivity contribution in [3.8, 4) is 0 Å². The van der Waals surface area contributed by atoms with Gasteiger partial charge in [0, 0.05) is 25.3 Å². The molecule has 2 heterocycles. The van der Waals surface area contributed by atoms with E-state index in [1.165, 1.54) is 6.07 Å². The third kappa shape index (κ3) is 3.83. The van der Waals surface area contributed by atoms with Crippen LogP contribution in [0.25, 0.3) is 0 Å². The number of benzene rings is 1. The molecule has 7 heteroatoms. The van der Waals surface area contributed by atoms with Crippen LogP contribution in [0.15, 0.2) is 24.3 Å². The summed E-state index contributed by atoms with van der Waals surface area (Å²) >= 11 is 0. The molecule has 1 amide bonds. The lowest BCUT2D eigenvalue weighted by molar-refractivity contribution is -0.148. The molecular weight excluding hydrogens is 323 g/mol. The minimum Gasteiger partial charge on any atom is -0.381 e. The lowest BCUT2D eigenvalue weighted by atomic mass is 9.89. The Morgan fingerprint density at radius 2 is 1.96 bits per heavy atom. The molecule has 1 aromatic rings. The summed E-state index contributed by atoms with van der Waals surface area (Å²) in [5.41, 5.74) is 5.88. The van der Waals surface area contributed by atoms with Crippen LogP contribution in [0.4, 0.5) is 4.39 Å². The zero-order chi connectivity index (χ0) is 15.6. The van der Waals surface area contributed by atoms with Gasteiger partial charge in [0.25, 0.3) is 0 Å². The summed E-state index contributed by atoms with van der Waals surface area (Å²) < 4.78 is 24.8. The second-order valence-electron chi connectivity index (χ2n) is 5.90. The van der Waals surface area contributed by atoms with E-state index in [1.807, 2.05) is 0 Å². The van der Waals surface area contributed by atoms with E-state index in [-0.39, 0.29) is 24.1 Å². The first-order chi connectivity index (χ1) is 10.6. The molecule has 128 valence electrons. The summed E-state index contributed by atoms with van der Waals surface area (Å²) in [4.78, 5) is 14.4. The first-order valence-electron chi connectivity index (χ1n) is 7.62. The number of nitrogens with two attached hydrogens (primary N) is 1. The van der Waals surface area contributed by atoms with Crippen molar-refractivity contribution < 1.29 is 18.7 Å². The number of carbonyl (C=O) groups excluding carboxylic acids is 1. The molecule has 1 atom stereocenters. The van der Waals surface area contributed by atoms with Crippen molar-refractivity contribution in [2.45, 2.75) is 24.5 Å². The molecule has 2 aliphatic rings. The third-order valence-electron chi connectivity index (χ3n) is 4.42.